The van der Waals surface area contributed by atoms with Gasteiger partial charge in [0.2, 0.25) is 0 Å². The van der Waals surface area contributed by atoms with E-state index >= 15 is 0 Å². The molecule has 0 aliphatic rings. The Labute approximate surface area is 103 Å². The Morgan fingerprint density at radius 3 is 2.59 bits per heavy atom. The summed E-state index contributed by atoms with van der Waals surface area (Å²) < 4.78 is 7.37. The summed E-state index contributed by atoms with van der Waals surface area (Å²) in [5, 5.41) is 0. The molecule has 0 fully saturated rings. The molecular weight excluding hydrogens is 210 g/mol. The summed E-state index contributed by atoms with van der Waals surface area (Å²) in [5.74, 6) is 0. The van der Waals surface area contributed by atoms with Crippen LogP contribution in [0.5, 0.6) is 0 Å². The van der Waals surface area contributed by atoms with Gasteiger partial charge < -0.3 is 9.30 Å². The van der Waals surface area contributed by atoms with Crippen LogP contribution in [-0.2, 0) is 11.3 Å². The molecule has 1 aromatic heterocycles. The molecule has 2 nitrogen and oxygen atoms in total. The molecule has 0 aliphatic heterocycles. The highest BCUT2D eigenvalue weighted by Gasteiger charge is 2.03. The van der Waals surface area contributed by atoms with Gasteiger partial charge in [-0.1, -0.05) is 30.3 Å². The number of aromatic nitrogens is 1. The lowest BCUT2D eigenvalue weighted by molar-refractivity contribution is 0.190. The maximum atomic E-state index is 5.08. The van der Waals surface area contributed by atoms with Crippen molar-refractivity contribution >= 4 is 0 Å². The Kier molecular flexibility index (Phi) is 3.99. The van der Waals surface area contributed by atoms with Crippen molar-refractivity contribution in [2.75, 3.05) is 13.7 Å². The number of benzene rings is 1. The normalized spacial score (nSPS) is 10.7. The second-order valence-electron chi connectivity index (χ2n) is 4.28. The molecule has 1 aromatic carbocycles. The molecule has 90 valence electrons. The largest absolute Gasteiger partial charge is 0.385 e. The minimum Gasteiger partial charge on any atom is -0.385 e. The highest BCUT2D eigenvalue weighted by atomic mass is 16.5. The Bertz CT molecular complexity index is 459. The first-order valence-electron chi connectivity index (χ1n) is 6.02. The average Bonchev–Trinajstić information content (AvgIpc) is 2.73. The molecule has 0 bridgehead atoms. The molecule has 0 N–H and O–H groups in total. The second kappa shape index (κ2) is 5.69. The molecule has 2 aromatic rings. The minimum absolute atomic E-state index is 0.818. The van der Waals surface area contributed by atoms with E-state index in [9.17, 15) is 0 Å². The van der Waals surface area contributed by atoms with Crippen molar-refractivity contribution in [1.82, 2.24) is 4.57 Å². The average molecular weight is 229 g/mol. The van der Waals surface area contributed by atoms with E-state index in [1.807, 2.05) is 6.07 Å². The number of hydrogen-bond acceptors (Lipinski definition) is 1. The van der Waals surface area contributed by atoms with Gasteiger partial charge >= 0.3 is 0 Å². The molecule has 0 amide bonds. The van der Waals surface area contributed by atoms with Gasteiger partial charge in [0, 0.05) is 32.2 Å². The fourth-order valence-electron chi connectivity index (χ4n) is 2.02. The van der Waals surface area contributed by atoms with Crippen molar-refractivity contribution in [1.29, 1.82) is 0 Å². The number of rotatable bonds is 5. The molecule has 0 saturated heterocycles. The Balaban J connectivity index is 2.13. The van der Waals surface area contributed by atoms with Crippen LogP contribution in [0.2, 0.25) is 0 Å². The fraction of sp³-hybridized carbons (Fsp3) is 0.333. The van der Waals surface area contributed by atoms with Crippen LogP contribution in [-0.4, -0.2) is 18.3 Å². The molecule has 1 heterocycles. The summed E-state index contributed by atoms with van der Waals surface area (Å²) >= 11 is 0. The predicted molar refractivity (Wildman–Crippen MR) is 71.1 cm³/mol. The van der Waals surface area contributed by atoms with Crippen LogP contribution in [0.25, 0.3) is 11.1 Å². The summed E-state index contributed by atoms with van der Waals surface area (Å²) in [5.41, 5.74) is 3.88. The van der Waals surface area contributed by atoms with E-state index in [1.165, 1.54) is 16.8 Å². The van der Waals surface area contributed by atoms with E-state index < -0.39 is 0 Å². The molecule has 2 rings (SSSR count). The topological polar surface area (TPSA) is 14.2 Å². The molecule has 0 atom stereocenters. The number of ether oxygens (including phenoxy) is 1. The van der Waals surface area contributed by atoms with Crippen LogP contribution in [0.3, 0.4) is 0 Å². The smallest absolute Gasteiger partial charge is 0.0479 e. The van der Waals surface area contributed by atoms with Gasteiger partial charge in [-0.25, -0.2) is 0 Å². The monoisotopic (exact) mass is 229 g/mol. The van der Waals surface area contributed by atoms with Crippen LogP contribution in [0.4, 0.5) is 0 Å². The molecule has 0 radical (unpaired) electrons. The molecule has 0 saturated carbocycles. The van der Waals surface area contributed by atoms with E-state index in [2.05, 4.69) is 48.0 Å². The van der Waals surface area contributed by atoms with Gasteiger partial charge in [0.15, 0.2) is 0 Å². The lowest BCUT2D eigenvalue weighted by Crippen LogP contribution is -2.01. The SMILES string of the molecule is COCCCn1cc(-c2ccccc2)cc1C. The standard InChI is InChI=1S/C15H19NO/c1-13-11-15(14-7-4-3-5-8-14)12-16(13)9-6-10-17-2/h3-5,7-8,11-12H,6,9-10H2,1-2H3. The number of aryl methyl sites for hydroxylation is 2. The highest BCUT2D eigenvalue weighted by Crippen LogP contribution is 2.21. The molecular formula is C15H19NO. The zero-order valence-electron chi connectivity index (χ0n) is 10.5. The molecule has 0 unspecified atom stereocenters. The first kappa shape index (κ1) is 11.9. The van der Waals surface area contributed by atoms with Crippen LogP contribution >= 0.6 is 0 Å². The minimum atomic E-state index is 0.818. The lowest BCUT2D eigenvalue weighted by Gasteiger charge is -2.04. The summed E-state index contributed by atoms with van der Waals surface area (Å²) in [6.45, 7) is 3.99. The first-order chi connectivity index (χ1) is 8.31. The Morgan fingerprint density at radius 2 is 1.88 bits per heavy atom. The van der Waals surface area contributed by atoms with Crippen molar-refractivity contribution in [3.8, 4) is 11.1 Å². The maximum absolute atomic E-state index is 5.08. The summed E-state index contributed by atoms with van der Waals surface area (Å²) in [6, 6.07) is 12.7. The Hall–Kier alpha value is -1.54. The van der Waals surface area contributed by atoms with Gasteiger partial charge in [-0.05, 0) is 30.5 Å². The maximum Gasteiger partial charge on any atom is 0.0479 e. The van der Waals surface area contributed by atoms with Crippen LogP contribution in [0, 0.1) is 6.92 Å². The number of methoxy groups -OCH3 is 1. The third-order valence-electron chi connectivity index (χ3n) is 2.97. The molecule has 2 heteroatoms. The quantitative estimate of drug-likeness (QED) is 0.716. The predicted octanol–water partition coefficient (Wildman–Crippen LogP) is 3.50. The zero-order valence-corrected chi connectivity index (χ0v) is 10.5. The van der Waals surface area contributed by atoms with Crippen molar-refractivity contribution in [3.05, 3.63) is 48.3 Å². The van der Waals surface area contributed by atoms with E-state index in [0.717, 1.165) is 19.6 Å². The lowest BCUT2D eigenvalue weighted by atomic mass is 10.1. The van der Waals surface area contributed by atoms with Gasteiger partial charge in [-0.15, -0.1) is 0 Å². The highest BCUT2D eigenvalue weighted by molar-refractivity contribution is 5.63. The van der Waals surface area contributed by atoms with Gasteiger partial charge in [0.1, 0.15) is 0 Å². The Morgan fingerprint density at radius 1 is 1.12 bits per heavy atom. The molecule has 17 heavy (non-hydrogen) atoms. The summed E-state index contributed by atoms with van der Waals surface area (Å²) in [7, 11) is 1.75. The van der Waals surface area contributed by atoms with Crippen molar-refractivity contribution in [2.24, 2.45) is 0 Å². The van der Waals surface area contributed by atoms with E-state index in [0.29, 0.717) is 0 Å². The van der Waals surface area contributed by atoms with Gasteiger partial charge in [0.05, 0.1) is 0 Å². The second-order valence-corrected chi connectivity index (χ2v) is 4.28. The summed E-state index contributed by atoms with van der Waals surface area (Å²) in [4.78, 5) is 0. The van der Waals surface area contributed by atoms with E-state index in [-0.39, 0.29) is 0 Å². The van der Waals surface area contributed by atoms with E-state index in [1.54, 1.807) is 7.11 Å². The third-order valence-corrected chi connectivity index (χ3v) is 2.97. The van der Waals surface area contributed by atoms with Crippen molar-refractivity contribution in [3.63, 3.8) is 0 Å². The zero-order chi connectivity index (χ0) is 12.1. The van der Waals surface area contributed by atoms with Gasteiger partial charge in [-0.2, -0.15) is 0 Å². The fourth-order valence-corrected chi connectivity index (χ4v) is 2.02. The number of hydrogen-bond donors (Lipinski definition) is 0. The third kappa shape index (κ3) is 2.98. The summed E-state index contributed by atoms with van der Waals surface area (Å²) in [6.07, 6.45) is 3.28. The molecule has 0 aliphatic carbocycles. The number of nitrogens with zero attached hydrogens (tertiary/aromatic N) is 1. The van der Waals surface area contributed by atoms with Crippen LogP contribution in [0.1, 0.15) is 12.1 Å². The van der Waals surface area contributed by atoms with Crippen LogP contribution in [0.15, 0.2) is 42.6 Å². The van der Waals surface area contributed by atoms with E-state index in [4.69, 9.17) is 4.74 Å². The molecule has 0 spiro atoms. The van der Waals surface area contributed by atoms with Gasteiger partial charge in [-0.3, -0.25) is 0 Å². The van der Waals surface area contributed by atoms with Gasteiger partial charge in [0.25, 0.3) is 0 Å². The first-order valence-corrected chi connectivity index (χ1v) is 6.02. The van der Waals surface area contributed by atoms with Crippen LogP contribution < -0.4 is 0 Å². The van der Waals surface area contributed by atoms with Crippen molar-refractivity contribution in [2.45, 2.75) is 19.9 Å². The van der Waals surface area contributed by atoms with Crippen molar-refractivity contribution < 1.29 is 4.74 Å².